The Balaban J connectivity index is 2.23. The van der Waals surface area contributed by atoms with Crippen molar-refractivity contribution in [1.29, 1.82) is 0 Å². The van der Waals surface area contributed by atoms with Crippen LogP contribution in [0.3, 0.4) is 0 Å². The van der Waals surface area contributed by atoms with E-state index in [-0.39, 0.29) is 0 Å². The first-order valence-electron chi connectivity index (χ1n) is 4.65. The smallest absolute Gasteiger partial charge is 0.0813 e. The molecule has 0 atom stereocenters. The third-order valence-electron chi connectivity index (χ3n) is 1.99. The van der Waals surface area contributed by atoms with Crippen molar-refractivity contribution in [3.63, 3.8) is 0 Å². The topological polar surface area (TPSA) is 51.3 Å². The minimum atomic E-state index is 0.727. The Labute approximate surface area is 88.3 Å². The van der Waals surface area contributed by atoms with E-state index in [1.807, 2.05) is 36.4 Å². The highest BCUT2D eigenvalue weighted by atomic mass is 14.8. The van der Waals surface area contributed by atoms with Gasteiger partial charge in [0.2, 0.25) is 0 Å². The van der Waals surface area contributed by atoms with Gasteiger partial charge in [0.1, 0.15) is 0 Å². The first-order valence-corrected chi connectivity index (χ1v) is 4.65. The summed E-state index contributed by atoms with van der Waals surface area (Å²) >= 11 is 0. The number of rotatable bonds is 2. The first kappa shape index (κ1) is 9.40. The molecule has 3 heteroatoms. The standard InChI is InChI=1S/C12H11N3/c13-12-6-2-1-4-10(12)8-15-11-5-3-7-14-9-11/h1-9H,13H2. The molecule has 15 heavy (non-hydrogen) atoms. The lowest BCUT2D eigenvalue weighted by molar-refractivity contribution is 1.31. The van der Waals surface area contributed by atoms with Crippen LogP contribution in [0.15, 0.2) is 53.8 Å². The molecule has 2 N–H and O–H groups in total. The molecule has 0 amide bonds. The number of nitrogen functional groups attached to an aromatic ring is 1. The molecule has 0 fully saturated rings. The number of anilines is 1. The molecule has 0 saturated carbocycles. The zero-order chi connectivity index (χ0) is 10.5. The zero-order valence-corrected chi connectivity index (χ0v) is 8.17. The summed E-state index contributed by atoms with van der Waals surface area (Å²) in [5.41, 5.74) is 8.24. The van der Waals surface area contributed by atoms with Crippen molar-refractivity contribution in [2.24, 2.45) is 4.99 Å². The molecule has 1 aromatic carbocycles. The van der Waals surface area contributed by atoms with Crippen molar-refractivity contribution < 1.29 is 0 Å². The summed E-state index contributed by atoms with van der Waals surface area (Å²) < 4.78 is 0. The van der Waals surface area contributed by atoms with Crippen LogP contribution in [-0.2, 0) is 0 Å². The molecule has 0 radical (unpaired) electrons. The van der Waals surface area contributed by atoms with Crippen LogP contribution in [0.5, 0.6) is 0 Å². The number of hydrogen-bond donors (Lipinski definition) is 1. The average Bonchev–Trinajstić information content (AvgIpc) is 2.29. The SMILES string of the molecule is Nc1ccccc1C=Nc1cccnc1. The highest BCUT2D eigenvalue weighted by Gasteiger charge is 1.92. The third-order valence-corrected chi connectivity index (χ3v) is 1.99. The summed E-state index contributed by atoms with van der Waals surface area (Å²) in [7, 11) is 0. The molecular formula is C12H11N3. The van der Waals surface area contributed by atoms with Gasteiger partial charge in [-0.2, -0.15) is 0 Å². The lowest BCUT2D eigenvalue weighted by atomic mass is 10.2. The Kier molecular flexibility index (Phi) is 2.74. The van der Waals surface area contributed by atoms with Crippen LogP contribution < -0.4 is 5.73 Å². The number of para-hydroxylation sites is 1. The van der Waals surface area contributed by atoms with Crippen LogP contribution in [0.4, 0.5) is 11.4 Å². The first-order chi connectivity index (χ1) is 7.36. The van der Waals surface area contributed by atoms with Crippen molar-refractivity contribution in [2.45, 2.75) is 0 Å². The summed E-state index contributed by atoms with van der Waals surface area (Å²) in [5, 5.41) is 0. The van der Waals surface area contributed by atoms with Gasteiger partial charge in [-0.25, -0.2) is 0 Å². The molecule has 0 spiro atoms. The van der Waals surface area contributed by atoms with Crippen LogP contribution in [0, 0.1) is 0 Å². The van der Waals surface area contributed by atoms with Gasteiger partial charge < -0.3 is 5.73 Å². The molecule has 0 aliphatic rings. The summed E-state index contributed by atoms with van der Waals surface area (Å²) in [6.45, 7) is 0. The van der Waals surface area contributed by atoms with Gasteiger partial charge in [0, 0.05) is 23.7 Å². The molecule has 2 rings (SSSR count). The second kappa shape index (κ2) is 4.37. The van der Waals surface area contributed by atoms with E-state index in [0.29, 0.717) is 0 Å². The average molecular weight is 197 g/mol. The fourth-order valence-corrected chi connectivity index (χ4v) is 1.20. The Morgan fingerprint density at radius 2 is 2.00 bits per heavy atom. The zero-order valence-electron chi connectivity index (χ0n) is 8.17. The monoisotopic (exact) mass is 197 g/mol. The van der Waals surface area contributed by atoms with Crippen molar-refractivity contribution in [3.8, 4) is 0 Å². The second-order valence-electron chi connectivity index (χ2n) is 3.10. The van der Waals surface area contributed by atoms with Crippen LogP contribution in [0.1, 0.15) is 5.56 Å². The molecule has 0 bridgehead atoms. The molecule has 0 aliphatic carbocycles. The minimum absolute atomic E-state index is 0.727. The lowest BCUT2D eigenvalue weighted by Gasteiger charge is -1.97. The van der Waals surface area contributed by atoms with Gasteiger partial charge in [0.25, 0.3) is 0 Å². The maximum absolute atomic E-state index is 5.78. The highest BCUT2D eigenvalue weighted by Crippen LogP contribution is 2.11. The molecule has 1 heterocycles. The summed E-state index contributed by atoms with van der Waals surface area (Å²) in [5.74, 6) is 0. The van der Waals surface area contributed by atoms with Crippen molar-refractivity contribution in [2.75, 3.05) is 5.73 Å². The van der Waals surface area contributed by atoms with Gasteiger partial charge in [-0.05, 0) is 18.2 Å². The van der Waals surface area contributed by atoms with E-state index < -0.39 is 0 Å². The number of nitrogens with two attached hydrogens (primary N) is 1. The van der Waals surface area contributed by atoms with E-state index >= 15 is 0 Å². The van der Waals surface area contributed by atoms with E-state index in [9.17, 15) is 0 Å². The summed E-state index contributed by atoms with van der Waals surface area (Å²) in [6.07, 6.45) is 5.16. The molecule has 3 nitrogen and oxygen atoms in total. The van der Waals surface area contributed by atoms with Crippen molar-refractivity contribution in [1.82, 2.24) is 4.98 Å². The van der Waals surface area contributed by atoms with Crippen LogP contribution in [0.25, 0.3) is 0 Å². The van der Waals surface area contributed by atoms with Gasteiger partial charge >= 0.3 is 0 Å². The predicted octanol–water partition coefficient (Wildman–Crippen LogP) is 2.41. The molecule has 0 saturated heterocycles. The van der Waals surface area contributed by atoms with Gasteiger partial charge in [-0.15, -0.1) is 0 Å². The van der Waals surface area contributed by atoms with E-state index in [4.69, 9.17) is 5.73 Å². The largest absolute Gasteiger partial charge is 0.398 e. The number of aromatic nitrogens is 1. The van der Waals surface area contributed by atoms with E-state index in [0.717, 1.165) is 16.9 Å². The van der Waals surface area contributed by atoms with Gasteiger partial charge in [-0.3, -0.25) is 9.98 Å². The number of hydrogen-bond acceptors (Lipinski definition) is 3. The maximum atomic E-state index is 5.78. The summed E-state index contributed by atoms with van der Waals surface area (Å²) in [4.78, 5) is 8.24. The Bertz CT molecular complexity index is 463. The minimum Gasteiger partial charge on any atom is -0.398 e. The quantitative estimate of drug-likeness (QED) is 0.593. The van der Waals surface area contributed by atoms with Crippen molar-refractivity contribution in [3.05, 3.63) is 54.4 Å². The number of nitrogens with zero attached hydrogens (tertiary/aromatic N) is 2. The van der Waals surface area contributed by atoms with E-state index in [1.165, 1.54) is 0 Å². The van der Waals surface area contributed by atoms with Gasteiger partial charge in [0.15, 0.2) is 0 Å². The Hall–Kier alpha value is -2.16. The fourth-order valence-electron chi connectivity index (χ4n) is 1.20. The molecule has 0 unspecified atom stereocenters. The third kappa shape index (κ3) is 2.40. The molecular weight excluding hydrogens is 186 g/mol. The number of pyridine rings is 1. The van der Waals surface area contributed by atoms with E-state index in [2.05, 4.69) is 9.98 Å². The van der Waals surface area contributed by atoms with Crippen molar-refractivity contribution >= 4 is 17.6 Å². The number of benzene rings is 1. The number of aliphatic imine (C=N–C) groups is 1. The summed E-state index contributed by atoms with van der Waals surface area (Å²) in [6, 6.07) is 11.3. The predicted molar refractivity (Wildman–Crippen MR) is 62.3 cm³/mol. The Morgan fingerprint density at radius 1 is 1.13 bits per heavy atom. The lowest BCUT2D eigenvalue weighted by Crippen LogP contribution is -1.91. The highest BCUT2D eigenvalue weighted by molar-refractivity contribution is 5.88. The maximum Gasteiger partial charge on any atom is 0.0813 e. The normalized spacial score (nSPS) is 10.7. The molecule has 2 aromatic rings. The molecule has 1 aromatic heterocycles. The van der Waals surface area contributed by atoms with Crippen LogP contribution in [0.2, 0.25) is 0 Å². The van der Waals surface area contributed by atoms with E-state index in [1.54, 1.807) is 18.6 Å². The molecule has 0 aliphatic heterocycles. The Morgan fingerprint density at radius 3 is 2.73 bits per heavy atom. The van der Waals surface area contributed by atoms with Gasteiger partial charge in [-0.1, -0.05) is 18.2 Å². The van der Waals surface area contributed by atoms with Gasteiger partial charge in [0.05, 0.1) is 11.9 Å². The van der Waals surface area contributed by atoms with Crippen LogP contribution >= 0.6 is 0 Å². The molecule has 74 valence electrons. The second-order valence-corrected chi connectivity index (χ2v) is 3.10. The van der Waals surface area contributed by atoms with Crippen LogP contribution in [-0.4, -0.2) is 11.2 Å². The fraction of sp³-hybridized carbons (Fsp3) is 0.